The molecule has 2 aromatic rings. The van der Waals surface area contributed by atoms with E-state index in [4.69, 9.17) is 9.47 Å². The zero-order chi connectivity index (χ0) is 18.1. The lowest BCUT2D eigenvalue weighted by Gasteiger charge is -2.16. The first kappa shape index (κ1) is 17.6. The molecule has 1 aromatic carbocycles. The number of alkyl halides is 3. The van der Waals surface area contributed by atoms with Gasteiger partial charge in [-0.2, -0.15) is 13.2 Å². The molecule has 6 nitrogen and oxygen atoms in total. The second kappa shape index (κ2) is 6.42. The van der Waals surface area contributed by atoms with E-state index < -0.39 is 23.1 Å². The molecule has 0 aliphatic heterocycles. The molecule has 0 amide bonds. The third-order valence-electron chi connectivity index (χ3n) is 3.51. The Hall–Kier alpha value is -2.71. The molecule has 1 heterocycles. The summed E-state index contributed by atoms with van der Waals surface area (Å²) in [6.07, 6.45) is -4.79. The monoisotopic (exact) mass is 344 g/mol. The number of hydrogen-bond acceptors (Lipinski definition) is 4. The largest absolute Gasteiger partial charge is 0.493 e. The summed E-state index contributed by atoms with van der Waals surface area (Å²) in [5.41, 5.74) is -2.99. The summed E-state index contributed by atoms with van der Waals surface area (Å²) >= 11 is 0. The number of aromatic nitrogens is 2. The highest BCUT2D eigenvalue weighted by atomic mass is 19.4. The normalized spacial score (nSPS) is 11.4. The average molecular weight is 344 g/mol. The quantitative estimate of drug-likeness (QED) is 0.846. The van der Waals surface area contributed by atoms with E-state index in [1.807, 2.05) is 0 Å². The number of halogens is 3. The van der Waals surface area contributed by atoms with Crippen molar-refractivity contribution in [1.29, 1.82) is 0 Å². The Morgan fingerprint density at radius 1 is 1.12 bits per heavy atom. The van der Waals surface area contributed by atoms with E-state index in [0.29, 0.717) is 32.3 Å². The van der Waals surface area contributed by atoms with Gasteiger partial charge in [0.1, 0.15) is 5.69 Å². The third kappa shape index (κ3) is 3.15. The van der Waals surface area contributed by atoms with E-state index in [1.165, 1.54) is 14.2 Å². The molecule has 24 heavy (non-hydrogen) atoms. The Morgan fingerprint density at radius 3 is 2.33 bits per heavy atom. The average Bonchev–Trinajstić information content (AvgIpc) is 2.53. The maximum absolute atomic E-state index is 12.8. The van der Waals surface area contributed by atoms with Crippen LogP contribution in [0.15, 0.2) is 33.9 Å². The Kier molecular flexibility index (Phi) is 4.72. The molecule has 0 fully saturated rings. The molecular weight excluding hydrogens is 329 g/mol. The first-order valence-electron chi connectivity index (χ1n) is 6.78. The van der Waals surface area contributed by atoms with Crippen molar-refractivity contribution >= 4 is 0 Å². The number of ether oxygens (including phenoxy) is 2. The molecule has 0 atom stereocenters. The van der Waals surface area contributed by atoms with Gasteiger partial charge in [-0.3, -0.25) is 13.9 Å². The van der Waals surface area contributed by atoms with Crippen molar-refractivity contribution in [2.24, 2.45) is 7.05 Å². The molecule has 0 aliphatic rings. The van der Waals surface area contributed by atoms with Crippen LogP contribution in [0.5, 0.6) is 11.5 Å². The Labute approximate surface area is 134 Å². The van der Waals surface area contributed by atoms with E-state index >= 15 is 0 Å². The van der Waals surface area contributed by atoms with E-state index in [-0.39, 0.29) is 6.54 Å². The van der Waals surface area contributed by atoms with Gasteiger partial charge in [0.2, 0.25) is 0 Å². The van der Waals surface area contributed by atoms with Gasteiger partial charge < -0.3 is 9.47 Å². The highest BCUT2D eigenvalue weighted by molar-refractivity contribution is 5.46. The van der Waals surface area contributed by atoms with Gasteiger partial charge in [0.05, 0.1) is 20.8 Å². The van der Waals surface area contributed by atoms with E-state index in [0.717, 1.165) is 7.05 Å². The molecule has 9 heteroatoms. The zero-order valence-corrected chi connectivity index (χ0v) is 13.2. The first-order valence-corrected chi connectivity index (χ1v) is 6.78. The maximum Gasteiger partial charge on any atom is 0.431 e. The molecule has 0 spiro atoms. The van der Waals surface area contributed by atoms with Crippen molar-refractivity contribution in [3.63, 3.8) is 0 Å². The summed E-state index contributed by atoms with van der Waals surface area (Å²) in [6, 6.07) is 5.23. The summed E-state index contributed by atoms with van der Waals surface area (Å²) in [5.74, 6) is 0.681. The van der Waals surface area contributed by atoms with Crippen LogP contribution in [0.25, 0.3) is 0 Å². The van der Waals surface area contributed by atoms with Crippen LogP contribution in [-0.4, -0.2) is 23.4 Å². The topological polar surface area (TPSA) is 62.5 Å². The van der Waals surface area contributed by atoms with Crippen LogP contribution in [0.2, 0.25) is 0 Å². The van der Waals surface area contributed by atoms with E-state index in [2.05, 4.69) is 0 Å². The Morgan fingerprint density at radius 2 is 1.79 bits per heavy atom. The van der Waals surface area contributed by atoms with E-state index in [1.54, 1.807) is 18.2 Å². The zero-order valence-electron chi connectivity index (χ0n) is 13.2. The highest BCUT2D eigenvalue weighted by Crippen LogP contribution is 2.31. The third-order valence-corrected chi connectivity index (χ3v) is 3.51. The summed E-state index contributed by atoms with van der Waals surface area (Å²) < 4.78 is 49.9. The first-order chi connectivity index (χ1) is 11.2. The van der Waals surface area contributed by atoms with Crippen LogP contribution < -0.4 is 20.7 Å². The lowest BCUT2D eigenvalue weighted by molar-refractivity contribution is -0.144. The van der Waals surface area contributed by atoms with Crippen molar-refractivity contribution in [3.05, 3.63) is 56.4 Å². The minimum Gasteiger partial charge on any atom is -0.493 e. The van der Waals surface area contributed by atoms with Crippen molar-refractivity contribution in [2.75, 3.05) is 14.2 Å². The summed E-state index contributed by atoms with van der Waals surface area (Å²) in [6.45, 7) is -0.246. The number of benzene rings is 1. The molecule has 0 bridgehead atoms. The molecule has 1 aromatic heterocycles. The molecule has 0 aliphatic carbocycles. The number of methoxy groups -OCH3 is 2. The molecule has 0 saturated heterocycles. The van der Waals surface area contributed by atoms with Crippen LogP contribution in [0.3, 0.4) is 0 Å². The second-order valence-corrected chi connectivity index (χ2v) is 4.95. The van der Waals surface area contributed by atoms with Crippen molar-refractivity contribution in [1.82, 2.24) is 9.13 Å². The van der Waals surface area contributed by atoms with Gasteiger partial charge in [0.15, 0.2) is 11.5 Å². The lowest BCUT2D eigenvalue weighted by atomic mass is 10.2. The predicted molar refractivity (Wildman–Crippen MR) is 79.6 cm³/mol. The lowest BCUT2D eigenvalue weighted by Crippen LogP contribution is -2.41. The number of para-hydroxylation sites is 1. The van der Waals surface area contributed by atoms with Gasteiger partial charge >= 0.3 is 11.9 Å². The Bertz CT molecular complexity index is 868. The van der Waals surface area contributed by atoms with E-state index in [9.17, 15) is 22.8 Å². The van der Waals surface area contributed by atoms with Crippen LogP contribution in [0.4, 0.5) is 13.2 Å². The van der Waals surface area contributed by atoms with Gasteiger partial charge in [0.25, 0.3) is 5.56 Å². The summed E-state index contributed by atoms with van der Waals surface area (Å²) in [7, 11) is 3.77. The molecule has 0 radical (unpaired) electrons. The fourth-order valence-electron chi connectivity index (χ4n) is 2.34. The van der Waals surface area contributed by atoms with Crippen molar-refractivity contribution in [2.45, 2.75) is 12.7 Å². The SMILES string of the molecule is COc1cccc(Cn2c(=O)cc(C(F)(F)F)n(C)c2=O)c1OC. The molecule has 0 N–H and O–H groups in total. The Balaban J connectivity index is 2.59. The predicted octanol–water partition coefficient (Wildman–Crippen LogP) is 1.63. The number of rotatable bonds is 4. The van der Waals surface area contributed by atoms with Gasteiger partial charge in [-0.1, -0.05) is 12.1 Å². The molecular formula is C15H15F3N2O4. The van der Waals surface area contributed by atoms with Crippen LogP contribution in [-0.2, 0) is 19.8 Å². The van der Waals surface area contributed by atoms with Gasteiger partial charge in [-0.25, -0.2) is 4.79 Å². The number of hydrogen-bond donors (Lipinski definition) is 0. The van der Waals surface area contributed by atoms with Crippen LogP contribution in [0.1, 0.15) is 11.3 Å². The van der Waals surface area contributed by atoms with Crippen molar-refractivity contribution in [3.8, 4) is 11.5 Å². The second-order valence-electron chi connectivity index (χ2n) is 4.95. The van der Waals surface area contributed by atoms with Crippen molar-refractivity contribution < 1.29 is 22.6 Å². The summed E-state index contributed by atoms with van der Waals surface area (Å²) in [5, 5.41) is 0. The fourth-order valence-corrected chi connectivity index (χ4v) is 2.34. The summed E-state index contributed by atoms with van der Waals surface area (Å²) in [4.78, 5) is 24.2. The minimum absolute atomic E-state index is 0.246. The minimum atomic E-state index is -4.79. The highest BCUT2D eigenvalue weighted by Gasteiger charge is 2.35. The molecule has 2 rings (SSSR count). The van der Waals surface area contributed by atoms with Crippen LogP contribution in [0, 0.1) is 0 Å². The van der Waals surface area contributed by atoms with Gasteiger partial charge in [-0.05, 0) is 6.07 Å². The number of nitrogens with zero attached hydrogens (tertiary/aromatic N) is 2. The smallest absolute Gasteiger partial charge is 0.431 e. The maximum atomic E-state index is 12.8. The molecule has 130 valence electrons. The fraction of sp³-hybridized carbons (Fsp3) is 0.333. The molecule has 0 saturated carbocycles. The standard InChI is InChI=1S/C15H15F3N2O4/c1-19-11(15(16,17)18)7-12(21)20(14(19)22)8-9-5-4-6-10(23-2)13(9)24-3/h4-7H,8H2,1-3H3. The molecule has 0 unspecified atom stereocenters. The van der Waals surface area contributed by atoms with Crippen LogP contribution >= 0.6 is 0 Å². The van der Waals surface area contributed by atoms with Gasteiger partial charge in [-0.15, -0.1) is 0 Å². The van der Waals surface area contributed by atoms with Gasteiger partial charge in [0, 0.05) is 18.7 Å².